The van der Waals surface area contributed by atoms with Crippen LogP contribution in [0.5, 0.6) is 0 Å². The number of rotatable bonds is 56. The third-order valence-corrected chi connectivity index (χ3v) is 12.9. The molecule has 1 unspecified atom stereocenters. The minimum atomic E-state index is -0.801. The minimum Gasteiger partial charge on any atom is -0.462 e. The van der Waals surface area contributed by atoms with Gasteiger partial charge in [-0.1, -0.05) is 285 Å². The van der Waals surface area contributed by atoms with Crippen LogP contribution in [0.25, 0.3) is 0 Å². The second-order valence-corrected chi connectivity index (χ2v) is 20.4. The molecule has 0 heterocycles. The molecule has 0 saturated carbocycles. The Kier molecular flexibility index (Phi) is 63.5. The largest absolute Gasteiger partial charge is 0.462 e. The number of hydrogen-bond acceptors (Lipinski definition) is 5. The molecular weight excluding hydrogens is 981 g/mol. The molecular formula is C75H116O5. The number of esters is 2. The van der Waals surface area contributed by atoms with Crippen molar-refractivity contribution in [3.8, 4) is 0 Å². The van der Waals surface area contributed by atoms with E-state index in [1.54, 1.807) is 0 Å². The fourth-order valence-electron chi connectivity index (χ4n) is 8.17. The standard InChI is InChI=1S/C75H116O5/c1-3-5-7-9-11-13-15-17-19-21-23-25-27-29-31-33-35-37-39-41-43-45-47-49-51-53-55-57-59-61-63-65-67-69-74(77)79-72-73(71-76)80-75(78)70-68-66-64-62-60-58-56-54-52-50-48-46-44-42-40-38-36-34-32-30-28-26-24-22-20-18-16-14-12-10-8-6-4-2/h5-8,11-14,17-20,23-26,29-32,35-38,41-44,48,50,54,56,73,76H,3-4,9-10,15-16,21-22,27-28,33-34,39-40,45-47,49,51-53,55,57-72H2,1-2H3/b7-5-,8-6-,13-11-,14-12-,19-17-,20-18-,25-23-,26-24-,31-29-,32-30-,37-35-,38-36-,43-41-,44-42-,50-48-,56-54-. The van der Waals surface area contributed by atoms with Gasteiger partial charge in [0, 0.05) is 12.8 Å². The van der Waals surface area contributed by atoms with E-state index in [-0.39, 0.29) is 25.2 Å². The van der Waals surface area contributed by atoms with Gasteiger partial charge < -0.3 is 14.6 Å². The molecule has 0 aromatic heterocycles. The highest BCUT2D eigenvalue weighted by atomic mass is 16.6. The molecule has 1 atom stereocenters. The van der Waals surface area contributed by atoms with Crippen LogP contribution in [-0.2, 0) is 19.1 Å². The van der Waals surface area contributed by atoms with Crippen LogP contribution in [0.15, 0.2) is 194 Å². The highest BCUT2D eigenvalue weighted by molar-refractivity contribution is 5.70. The van der Waals surface area contributed by atoms with Gasteiger partial charge in [-0.3, -0.25) is 9.59 Å². The highest BCUT2D eigenvalue weighted by Crippen LogP contribution is 2.14. The number of aliphatic hydroxyl groups excluding tert-OH is 1. The van der Waals surface area contributed by atoms with Crippen molar-refractivity contribution >= 4 is 11.9 Å². The Morgan fingerprint density at radius 2 is 0.500 bits per heavy atom. The van der Waals surface area contributed by atoms with E-state index in [9.17, 15) is 14.7 Å². The highest BCUT2D eigenvalue weighted by Gasteiger charge is 2.16. The fourth-order valence-corrected chi connectivity index (χ4v) is 8.17. The first-order valence-corrected chi connectivity index (χ1v) is 32.0. The lowest BCUT2D eigenvalue weighted by Gasteiger charge is -2.15. The zero-order valence-electron chi connectivity index (χ0n) is 51.0. The van der Waals surface area contributed by atoms with Crippen molar-refractivity contribution in [2.45, 2.75) is 251 Å². The third-order valence-electron chi connectivity index (χ3n) is 12.9. The van der Waals surface area contributed by atoms with Crippen molar-refractivity contribution in [1.82, 2.24) is 0 Å². The first kappa shape index (κ1) is 74.7. The molecule has 0 aromatic rings. The van der Waals surface area contributed by atoms with Crippen LogP contribution in [0.3, 0.4) is 0 Å². The van der Waals surface area contributed by atoms with E-state index in [1.165, 1.54) is 57.8 Å². The summed E-state index contributed by atoms with van der Waals surface area (Å²) in [5, 5.41) is 9.68. The molecule has 0 aliphatic rings. The molecule has 0 saturated heterocycles. The number of hydrogen-bond donors (Lipinski definition) is 1. The second-order valence-electron chi connectivity index (χ2n) is 20.4. The third kappa shape index (κ3) is 65.3. The Bertz CT molecular complexity index is 1870. The zero-order chi connectivity index (χ0) is 57.6. The van der Waals surface area contributed by atoms with Gasteiger partial charge in [-0.2, -0.15) is 0 Å². The average molecular weight is 1100 g/mol. The van der Waals surface area contributed by atoms with Crippen LogP contribution in [0.1, 0.15) is 245 Å². The zero-order valence-corrected chi connectivity index (χ0v) is 51.0. The topological polar surface area (TPSA) is 72.8 Å². The first-order valence-electron chi connectivity index (χ1n) is 32.0. The lowest BCUT2D eigenvalue weighted by atomic mass is 10.0. The van der Waals surface area contributed by atoms with E-state index in [1.807, 2.05) is 0 Å². The Morgan fingerprint density at radius 3 is 0.750 bits per heavy atom. The number of allylic oxidation sites excluding steroid dienone is 32. The molecule has 0 amide bonds. The smallest absolute Gasteiger partial charge is 0.306 e. The summed E-state index contributed by atoms with van der Waals surface area (Å²) in [7, 11) is 0. The molecule has 0 spiro atoms. The summed E-state index contributed by atoms with van der Waals surface area (Å²) in [5.74, 6) is -0.629. The van der Waals surface area contributed by atoms with Crippen molar-refractivity contribution in [2.24, 2.45) is 0 Å². The summed E-state index contributed by atoms with van der Waals surface area (Å²) < 4.78 is 10.7. The second kappa shape index (κ2) is 68.0. The van der Waals surface area contributed by atoms with Crippen molar-refractivity contribution in [3.63, 3.8) is 0 Å². The minimum absolute atomic E-state index is 0.0884. The molecule has 0 aliphatic carbocycles. The Hall–Kier alpha value is -5.26. The number of unbranched alkanes of at least 4 members (excludes halogenated alkanes) is 16. The maximum absolute atomic E-state index is 12.3. The summed E-state index contributed by atoms with van der Waals surface area (Å²) in [6.07, 6.45) is 108. The Morgan fingerprint density at radius 1 is 0.287 bits per heavy atom. The molecule has 0 aliphatic heterocycles. The lowest BCUT2D eigenvalue weighted by molar-refractivity contribution is -0.161. The van der Waals surface area contributed by atoms with Crippen molar-refractivity contribution in [2.75, 3.05) is 13.2 Å². The molecule has 0 aromatic carbocycles. The average Bonchev–Trinajstić information content (AvgIpc) is 3.46. The predicted octanol–water partition coefficient (Wildman–Crippen LogP) is 22.4. The SMILES string of the molecule is CC/C=C\C/C=C\C/C=C\C/C=C\C/C=C\C/C=C\C/C=C\C/C=C\C/C=C\CCCCCCCC(=O)OC(CO)COC(=O)CCCCCCCCCCCCC/C=C\C/C=C\C/C=C\C/C=C\C/C=C\C/C=C\C/C=C\CC. The molecule has 0 fully saturated rings. The van der Waals surface area contributed by atoms with Gasteiger partial charge in [-0.25, -0.2) is 0 Å². The first-order chi connectivity index (χ1) is 39.6. The van der Waals surface area contributed by atoms with Crippen LogP contribution in [0.4, 0.5) is 0 Å². The molecule has 0 radical (unpaired) electrons. The summed E-state index contributed by atoms with van der Waals surface area (Å²) in [4.78, 5) is 24.6. The van der Waals surface area contributed by atoms with Crippen molar-refractivity contribution in [1.29, 1.82) is 0 Å². The van der Waals surface area contributed by atoms with Crippen LogP contribution < -0.4 is 0 Å². The maximum Gasteiger partial charge on any atom is 0.306 e. The van der Waals surface area contributed by atoms with E-state index >= 15 is 0 Å². The quantitative estimate of drug-likeness (QED) is 0.0373. The van der Waals surface area contributed by atoms with E-state index in [0.717, 1.165) is 161 Å². The normalized spacial score (nSPS) is 13.6. The van der Waals surface area contributed by atoms with Gasteiger partial charge in [-0.05, 0) is 141 Å². The van der Waals surface area contributed by atoms with E-state index in [4.69, 9.17) is 9.47 Å². The molecule has 1 N–H and O–H groups in total. The predicted molar refractivity (Wildman–Crippen MR) is 352 cm³/mol. The monoisotopic (exact) mass is 1100 g/mol. The molecule has 446 valence electrons. The summed E-state index contributed by atoms with van der Waals surface area (Å²) in [5.41, 5.74) is 0. The van der Waals surface area contributed by atoms with Crippen LogP contribution in [0, 0.1) is 0 Å². The van der Waals surface area contributed by atoms with E-state index in [0.29, 0.717) is 12.8 Å². The van der Waals surface area contributed by atoms with Gasteiger partial charge >= 0.3 is 11.9 Å². The number of ether oxygens (including phenoxy) is 2. The van der Waals surface area contributed by atoms with Gasteiger partial charge in [0.2, 0.25) is 0 Å². The molecule has 80 heavy (non-hydrogen) atoms. The van der Waals surface area contributed by atoms with Gasteiger partial charge in [0.05, 0.1) is 6.61 Å². The number of aliphatic hydroxyl groups is 1. The Labute approximate surface area is 492 Å². The number of carbonyl (C=O) groups is 2. The van der Waals surface area contributed by atoms with Gasteiger partial charge in [0.15, 0.2) is 6.10 Å². The molecule has 5 nitrogen and oxygen atoms in total. The van der Waals surface area contributed by atoms with Crippen molar-refractivity contribution in [3.05, 3.63) is 194 Å². The molecule has 0 rings (SSSR count). The van der Waals surface area contributed by atoms with Crippen LogP contribution >= 0.6 is 0 Å². The van der Waals surface area contributed by atoms with Gasteiger partial charge in [0.25, 0.3) is 0 Å². The van der Waals surface area contributed by atoms with E-state index < -0.39 is 6.10 Å². The lowest BCUT2D eigenvalue weighted by Crippen LogP contribution is -2.28. The van der Waals surface area contributed by atoms with Crippen LogP contribution in [-0.4, -0.2) is 36.4 Å². The maximum atomic E-state index is 12.3. The van der Waals surface area contributed by atoms with E-state index in [2.05, 4.69) is 208 Å². The van der Waals surface area contributed by atoms with Crippen molar-refractivity contribution < 1.29 is 24.2 Å². The summed E-state index contributed by atoms with van der Waals surface area (Å²) in [6.45, 7) is 3.89. The summed E-state index contributed by atoms with van der Waals surface area (Å²) in [6, 6.07) is 0. The number of carbonyl (C=O) groups excluding carboxylic acids is 2. The van der Waals surface area contributed by atoms with Gasteiger partial charge in [0.1, 0.15) is 6.61 Å². The van der Waals surface area contributed by atoms with Gasteiger partial charge in [-0.15, -0.1) is 0 Å². The van der Waals surface area contributed by atoms with Crippen LogP contribution in [0.2, 0.25) is 0 Å². The fraction of sp³-hybridized carbons (Fsp3) is 0.547. The Balaban J connectivity index is 3.63. The molecule has 5 heteroatoms. The molecule has 0 bridgehead atoms. The summed E-state index contributed by atoms with van der Waals surface area (Å²) >= 11 is 0.